The first-order valence-corrected chi connectivity index (χ1v) is 11.2. The van der Waals surface area contributed by atoms with Gasteiger partial charge in [0.05, 0.1) is 30.1 Å². The van der Waals surface area contributed by atoms with Gasteiger partial charge in [0.15, 0.2) is 5.69 Å². The maximum atomic E-state index is 14.9. The van der Waals surface area contributed by atoms with Crippen LogP contribution in [0.5, 0.6) is 11.5 Å². The van der Waals surface area contributed by atoms with E-state index in [-0.39, 0.29) is 34.3 Å². The molecule has 0 unspecified atom stereocenters. The van der Waals surface area contributed by atoms with Crippen molar-refractivity contribution in [3.05, 3.63) is 116 Å². The molecule has 0 aliphatic heterocycles. The van der Waals surface area contributed by atoms with E-state index >= 15 is 0 Å². The summed E-state index contributed by atoms with van der Waals surface area (Å²) < 4.78 is 49.5. The SMILES string of the molecule is C=C(C)C(F)(F)c1ncn(Cc2cnc(-c3ccc(F)cc3)[nH]c2=O)c(=O)c1Oc1cc(Cl)cc(C#N)c1. The predicted molar refractivity (Wildman–Crippen MR) is 133 cm³/mol. The molecule has 2 aromatic heterocycles. The maximum Gasteiger partial charge on any atom is 0.314 e. The Balaban J connectivity index is 1.77. The zero-order valence-corrected chi connectivity index (χ0v) is 20.4. The number of ether oxygens (including phenoxy) is 1. The minimum atomic E-state index is -3.74. The molecule has 2 aromatic carbocycles. The average molecular weight is 540 g/mol. The summed E-state index contributed by atoms with van der Waals surface area (Å²) in [5.41, 5.74) is -2.69. The van der Waals surface area contributed by atoms with Crippen molar-refractivity contribution >= 4 is 11.6 Å². The second-order valence-electron chi connectivity index (χ2n) is 8.19. The minimum absolute atomic E-state index is 0.0136. The molecule has 38 heavy (non-hydrogen) atoms. The Morgan fingerprint density at radius 3 is 2.55 bits per heavy atom. The molecule has 0 amide bonds. The number of hydrogen-bond donors (Lipinski definition) is 1. The molecule has 1 N–H and O–H groups in total. The lowest BCUT2D eigenvalue weighted by Crippen LogP contribution is -2.30. The standard InChI is InChI=1S/C26H17ClF3N5O3/c1-14(2)26(29,30)22-21(38-20-8-15(10-31)7-18(27)9-20)25(37)35(13-33-22)12-17-11-32-23(34-24(17)36)16-3-5-19(28)6-4-16/h3-9,11,13H,1,12H2,2H3,(H,32,34,36). The van der Waals surface area contributed by atoms with Gasteiger partial charge in [0.2, 0.25) is 5.75 Å². The average Bonchev–Trinajstić information content (AvgIpc) is 2.87. The Morgan fingerprint density at radius 2 is 1.92 bits per heavy atom. The van der Waals surface area contributed by atoms with Crippen molar-refractivity contribution in [2.75, 3.05) is 0 Å². The normalized spacial score (nSPS) is 11.2. The van der Waals surface area contributed by atoms with Crippen molar-refractivity contribution in [2.45, 2.75) is 19.4 Å². The monoisotopic (exact) mass is 539 g/mol. The molecule has 0 atom stereocenters. The molecule has 0 aliphatic carbocycles. The number of hydrogen-bond acceptors (Lipinski definition) is 6. The number of aromatic amines is 1. The molecule has 0 saturated heterocycles. The summed E-state index contributed by atoms with van der Waals surface area (Å²) in [6.45, 7) is 3.95. The molecule has 0 bridgehead atoms. The summed E-state index contributed by atoms with van der Waals surface area (Å²) in [5.74, 6) is -5.01. The number of aromatic nitrogens is 4. The van der Waals surface area contributed by atoms with Gasteiger partial charge >= 0.3 is 5.92 Å². The number of benzene rings is 2. The van der Waals surface area contributed by atoms with Gasteiger partial charge in [-0.2, -0.15) is 14.0 Å². The molecule has 4 aromatic rings. The number of alkyl halides is 2. The van der Waals surface area contributed by atoms with E-state index < -0.39 is 39.9 Å². The van der Waals surface area contributed by atoms with Crippen LogP contribution >= 0.6 is 11.6 Å². The van der Waals surface area contributed by atoms with Crippen molar-refractivity contribution < 1.29 is 17.9 Å². The number of H-pyrrole nitrogens is 1. The third-order valence-electron chi connectivity index (χ3n) is 5.38. The highest BCUT2D eigenvalue weighted by Crippen LogP contribution is 2.38. The number of rotatable bonds is 7. The van der Waals surface area contributed by atoms with Gasteiger partial charge in [0.25, 0.3) is 11.1 Å². The van der Waals surface area contributed by atoms with Gasteiger partial charge in [-0.05, 0) is 55.0 Å². The van der Waals surface area contributed by atoms with Crippen LogP contribution in [0.25, 0.3) is 11.4 Å². The van der Waals surface area contributed by atoms with Crippen LogP contribution < -0.4 is 15.9 Å². The van der Waals surface area contributed by atoms with E-state index in [2.05, 4.69) is 21.5 Å². The zero-order valence-electron chi connectivity index (χ0n) is 19.6. The van der Waals surface area contributed by atoms with Gasteiger partial charge in [-0.25, -0.2) is 14.4 Å². The summed E-state index contributed by atoms with van der Waals surface area (Å²) in [5, 5.41) is 9.25. The van der Waals surface area contributed by atoms with Crippen molar-refractivity contribution in [3.63, 3.8) is 0 Å². The van der Waals surface area contributed by atoms with Crippen LogP contribution in [-0.4, -0.2) is 19.5 Å². The highest BCUT2D eigenvalue weighted by molar-refractivity contribution is 6.30. The minimum Gasteiger partial charge on any atom is -0.449 e. The Hall–Kier alpha value is -4.69. The van der Waals surface area contributed by atoms with Gasteiger partial charge in [-0.15, -0.1) is 0 Å². The molecule has 2 heterocycles. The van der Waals surface area contributed by atoms with E-state index in [4.69, 9.17) is 16.3 Å². The Morgan fingerprint density at radius 1 is 1.21 bits per heavy atom. The maximum absolute atomic E-state index is 14.9. The van der Waals surface area contributed by atoms with Crippen LogP contribution in [0.15, 0.2) is 76.7 Å². The fourth-order valence-electron chi connectivity index (χ4n) is 3.38. The summed E-state index contributed by atoms with van der Waals surface area (Å²) >= 11 is 5.98. The number of allylic oxidation sites excluding steroid dienone is 1. The van der Waals surface area contributed by atoms with Crippen molar-refractivity contribution in [1.29, 1.82) is 5.26 Å². The lowest BCUT2D eigenvalue weighted by Gasteiger charge is -2.20. The van der Waals surface area contributed by atoms with E-state index in [1.165, 1.54) is 48.7 Å². The molecular formula is C26H17ClF3N5O3. The number of nitriles is 1. The van der Waals surface area contributed by atoms with E-state index in [0.29, 0.717) is 5.56 Å². The van der Waals surface area contributed by atoms with Crippen LogP contribution in [0, 0.1) is 17.1 Å². The van der Waals surface area contributed by atoms with Gasteiger partial charge in [0, 0.05) is 16.8 Å². The zero-order chi connectivity index (χ0) is 27.6. The lowest BCUT2D eigenvalue weighted by molar-refractivity contribution is 0.0309. The smallest absolute Gasteiger partial charge is 0.314 e. The quantitative estimate of drug-likeness (QED) is 0.324. The van der Waals surface area contributed by atoms with Crippen LogP contribution in [0.2, 0.25) is 5.02 Å². The molecule has 0 fully saturated rings. The first-order valence-electron chi connectivity index (χ1n) is 10.9. The first kappa shape index (κ1) is 26.4. The summed E-state index contributed by atoms with van der Waals surface area (Å²) in [4.78, 5) is 36.4. The summed E-state index contributed by atoms with van der Waals surface area (Å²) in [6.07, 6.45) is 2.06. The van der Waals surface area contributed by atoms with Crippen LogP contribution in [-0.2, 0) is 12.5 Å². The second kappa shape index (κ2) is 10.4. The van der Waals surface area contributed by atoms with Crippen molar-refractivity contribution in [1.82, 2.24) is 19.5 Å². The van der Waals surface area contributed by atoms with E-state index in [9.17, 15) is 28.0 Å². The Labute approximate surface area is 218 Å². The van der Waals surface area contributed by atoms with E-state index in [1.54, 1.807) is 0 Å². The van der Waals surface area contributed by atoms with Crippen LogP contribution in [0.3, 0.4) is 0 Å². The number of nitrogens with one attached hydrogen (secondary N) is 1. The molecule has 12 heteroatoms. The highest BCUT2D eigenvalue weighted by atomic mass is 35.5. The fourth-order valence-corrected chi connectivity index (χ4v) is 3.60. The largest absolute Gasteiger partial charge is 0.449 e. The Kier molecular flexibility index (Phi) is 7.19. The molecular weight excluding hydrogens is 523 g/mol. The molecule has 4 rings (SSSR count). The first-order chi connectivity index (χ1) is 18.0. The number of nitrogens with zero attached hydrogens (tertiary/aromatic N) is 4. The lowest BCUT2D eigenvalue weighted by atomic mass is 10.1. The molecule has 0 saturated carbocycles. The third-order valence-corrected chi connectivity index (χ3v) is 5.60. The second-order valence-corrected chi connectivity index (χ2v) is 8.63. The summed E-state index contributed by atoms with van der Waals surface area (Å²) in [6, 6.07) is 10.9. The topological polar surface area (TPSA) is 114 Å². The van der Waals surface area contributed by atoms with Crippen molar-refractivity contribution in [2.24, 2.45) is 0 Å². The molecule has 192 valence electrons. The van der Waals surface area contributed by atoms with Gasteiger partial charge in [0.1, 0.15) is 17.4 Å². The molecule has 0 spiro atoms. The van der Waals surface area contributed by atoms with Crippen molar-refractivity contribution in [3.8, 4) is 29.0 Å². The predicted octanol–water partition coefficient (Wildman–Crippen LogP) is 5.17. The molecule has 0 aliphatic rings. The summed E-state index contributed by atoms with van der Waals surface area (Å²) in [7, 11) is 0. The van der Waals surface area contributed by atoms with Gasteiger partial charge in [-0.1, -0.05) is 18.2 Å². The molecule has 8 nitrogen and oxygen atoms in total. The molecule has 0 radical (unpaired) electrons. The third kappa shape index (κ3) is 5.35. The number of halogens is 4. The van der Waals surface area contributed by atoms with Crippen LogP contribution in [0.1, 0.15) is 23.7 Å². The van der Waals surface area contributed by atoms with Crippen LogP contribution in [0.4, 0.5) is 13.2 Å². The van der Waals surface area contributed by atoms with E-state index in [1.807, 2.05) is 6.07 Å². The van der Waals surface area contributed by atoms with Gasteiger partial charge < -0.3 is 9.72 Å². The highest BCUT2D eigenvalue weighted by Gasteiger charge is 2.39. The van der Waals surface area contributed by atoms with E-state index in [0.717, 1.165) is 17.8 Å². The Bertz CT molecular complexity index is 1710. The van der Waals surface area contributed by atoms with Gasteiger partial charge in [-0.3, -0.25) is 14.2 Å². The fraction of sp³-hybridized carbons (Fsp3) is 0.115.